The maximum atomic E-state index is 13.1. The van der Waals surface area contributed by atoms with Crippen molar-refractivity contribution >= 4 is 52.4 Å². The van der Waals surface area contributed by atoms with Gasteiger partial charge in [-0.3, -0.25) is 9.59 Å². The molecule has 0 bridgehead atoms. The first-order valence-corrected chi connectivity index (χ1v) is 14.6. The second-order valence-corrected chi connectivity index (χ2v) is 11.0. The van der Waals surface area contributed by atoms with Gasteiger partial charge in [-0.2, -0.15) is 0 Å². The average Bonchev–Trinajstić information content (AvgIpc) is 3.35. The highest BCUT2D eigenvalue weighted by Crippen LogP contribution is 2.31. The highest BCUT2D eigenvalue weighted by atomic mass is 35.5. The SMILES string of the molecule is CCNC(=O)N1CCCN(c2ccc(C(=O)NCCc3ccc(Cl)cc3Cl)cc2NC(=O)C2CCCC2)CC1. The largest absolute Gasteiger partial charge is 0.368 e. The molecule has 3 N–H and O–H groups in total. The lowest BCUT2D eigenvalue weighted by Crippen LogP contribution is -2.42. The summed E-state index contributed by atoms with van der Waals surface area (Å²) in [5.41, 5.74) is 2.88. The van der Waals surface area contributed by atoms with Crippen molar-refractivity contribution in [2.45, 2.75) is 45.4 Å². The summed E-state index contributed by atoms with van der Waals surface area (Å²) in [6.45, 7) is 5.54. The third kappa shape index (κ3) is 7.79. The molecule has 1 saturated carbocycles. The van der Waals surface area contributed by atoms with Crippen LogP contribution in [0, 0.1) is 5.92 Å². The van der Waals surface area contributed by atoms with E-state index in [1.807, 2.05) is 24.0 Å². The number of carbonyl (C=O) groups is 3. The Morgan fingerprint density at radius 1 is 0.923 bits per heavy atom. The minimum Gasteiger partial charge on any atom is -0.368 e. The smallest absolute Gasteiger partial charge is 0.317 e. The van der Waals surface area contributed by atoms with Crippen LogP contribution in [-0.4, -0.2) is 62.0 Å². The van der Waals surface area contributed by atoms with Crippen LogP contribution >= 0.6 is 23.2 Å². The standard InChI is InChI=1S/C29H37Cl2N5O3/c1-2-32-29(39)36-15-5-14-35(16-17-36)26-11-9-22(18-25(26)34-28(38)21-6-3-4-7-21)27(37)33-13-12-20-8-10-23(30)19-24(20)31/h8-11,18-19,21H,2-7,12-17H2,1H3,(H,32,39)(H,33,37)(H,34,38). The highest BCUT2D eigenvalue weighted by Gasteiger charge is 2.26. The first kappa shape index (κ1) is 29.0. The van der Waals surface area contributed by atoms with Crippen LogP contribution in [0.2, 0.25) is 10.0 Å². The number of nitrogens with zero attached hydrogens (tertiary/aromatic N) is 2. The van der Waals surface area contributed by atoms with Gasteiger partial charge in [-0.15, -0.1) is 0 Å². The first-order valence-electron chi connectivity index (χ1n) is 13.8. The van der Waals surface area contributed by atoms with E-state index >= 15 is 0 Å². The van der Waals surface area contributed by atoms with Crippen molar-refractivity contribution in [1.82, 2.24) is 15.5 Å². The quantitative estimate of drug-likeness (QED) is 0.397. The van der Waals surface area contributed by atoms with Gasteiger partial charge in [0, 0.05) is 60.8 Å². The van der Waals surface area contributed by atoms with E-state index in [0.29, 0.717) is 60.4 Å². The van der Waals surface area contributed by atoms with Crippen molar-refractivity contribution in [2.75, 3.05) is 49.5 Å². The third-order valence-corrected chi connectivity index (χ3v) is 7.98. The lowest BCUT2D eigenvalue weighted by atomic mass is 10.1. The second-order valence-electron chi connectivity index (χ2n) is 10.1. The van der Waals surface area contributed by atoms with Crippen LogP contribution in [0.4, 0.5) is 16.2 Å². The maximum absolute atomic E-state index is 13.1. The Morgan fingerprint density at radius 2 is 1.72 bits per heavy atom. The van der Waals surface area contributed by atoms with Gasteiger partial charge >= 0.3 is 6.03 Å². The molecule has 210 valence electrons. The number of anilines is 2. The van der Waals surface area contributed by atoms with Crippen molar-refractivity contribution < 1.29 is 14.4 Å². The number of nitrogens with one attached hydrogen (secondary N) is 3. The zero-order valence-electron chi connectivity index (χ0n) is 22.4. The maximum Gasteiger partial charge on any atom is 0.317 e. The predicted molar refractivity (Wildman–Crippen MR) is 157 cm³/mol. The van der Waals surface area contributed by atoms with Crippen molar-refractivity contribution in [1.29, 1.82) is 0 Å². The van der Waals surface area contributed by atoms with Gasteiger partial charge in [0.25, 0.3) is 5.91 Å². The monoisotopic (exact) mass is 573 g/mol. The topological polar surface area (TPSA) is 93.8 Å². The second kappa shape index (κ2) is 13.9. The number of urea groups is 1. The summed E-state index contributed by atoms with van der Waals surface area (Å²) in [5, 5.41) is 10.1. The number of amides is 4. The highest BCUT2D eigenvalue weighted by molar-refractivity contribution is 6.35. The van der Waals surface area contributed by atoms with Gasteiger partial charge in [-0.25, -0.2) is 4.79 Å². The van der Waals surface area contributed by atoms with E-state index in [-0.39, 0.29) is 23.8 Å². The van der Waals surface area contributed by atoms with E-state index in [1.54, 1.807) is 24.3 Å². The zero-order chi connectivity index (χ0) is 27.8. The number of rotatable bonds is 8. The average molecular weight is 575 g/mol. The van der Waals surface area contributed by atoms with Gasteiger partial charge in [0.15, 0.2) is 0 Å². The number of hydrogen-bond acceptors (Lipinski definition) is 4. The Bertz CT molecular complexity index is 1190. The number of halogens is 2. The van der Waals surface area contributed by atoms with Crippen molar-refractivity contribution in [3.8, 4) is 0 Å². The summed E-state index contributed by atoms with van der Waals surface area (Å²) in [6, 6.07) is 10.7. The van der Waals surface area contributed by atoms with Crippen molar-refractivity contribution in [3.63, 3.8) is 0 Å². The summed E-state index contributed by atoms with van der Waals surface area (Å²) in [6.07, 6.45) is 5.28. The van der Waals surface area contributed by atoms with Gasteiger partial charge in [0.1, 0.15) is 0 Å². The molecule has 0 aromatic heterocycles. The van der Waals surface area contributed by atoms with Crippen LogP contribution in [0.3, 0.4) is 0 Å². The number of benzene rings is 2. The summed E-state index contributed by atoms with van der Waals surface area (Å²) in [5.74, 6) is -0.222. The molecule has 0 spiro atoms. The van der Waals surface area contributed by atoms with E-state index in [0.717, 1.165) is 49.9 Å². The first-order chi connectivity index (χ1) is 18.9. The summed E-state index contributed by atoms with van der Waals surface area (Å²) in [7, 11) is 0. The summed E-state index contributed by atoms with van der Waals surface area (Å²) >= 11 is 12.2. The number of carbonyl (C=O) groups excluding carboxylic acids is 3. The molecule has 2 fully saturated rings. The van der Waals surface area contributed by atoms with Gasteiger partial charge in [0.05, 0.1) is 11.4 Å². The minimum absolute atomic E-state index is 0.00228. The van der Waals surface area contributed by atoms with Crippen LogP contribution in [0.1, 0.15) is 54.9 Å². The molecule has 0 unspecified atom stereocenters. The Balaban J connectivity index is 1.48. The zero-order valence-corrected chi connectivity index (χ0v) is 23.9. The third-order valence-electron chi connectivity index (χ3n) is 7.39. The molecule has 1 aliphatic carbocycles. The molecule has 0 radical (unpaired) electrons. The van der Waals surface area contributed by atoms with E-state index in [2.05, 4.69) is 20.9 Å². The van der Waals surface area contributed by atoms with Gasteiger partial charge in [0.2, 0.25) is 5.91 Å². The molecular weight excluding hydrogens is 537 g/mol. The van der Waals surface area contributed by atoms with Crippen LogP contribution in [0.15, 0.2) is 36.4 Å². The van der Waals surface area contributed by atoms with Gasteiger partial charge in [-0.05, 0) is 68.5 Å². The molecule has 4 rings (SSSR count). The van der Waals surface area contributed by atoms with Gasteiger partial charge in [-0.1, -0.05) is 42.1 Å². The van der Waals surface area contributed by atoms with Crippen molar-refractivity contribution in [2.24, 2.45) is 5.92 Å². The van der Waals surface area contributed by atoms with E-state index in [1.165, 1.54) is 0 Å². The molecule has 10 heteroatoms. The molecule has 0 atom stereocenters. The molecule has 1 saturated heterocycles. The Hall–Kier alpha value is -2.97. The number of hydrogen-bond donors (Lipinski definition) is 3. The lowest BCUT2D eigenvalue weighted by Gasteiger charge is -2.27. The molecule has 8 nitrogen and oxygen atoms in total. The molecule has 1 aliphatic heterocycles. The van der Waals surface area contributed by atoms with Crippen LogP contribution in [0.25, 0.3) is 0 Å². The molecule has 4 amide bonds. The summed E-state index contributed by atoms with van der Waals surface area (Å²) < 4.78 is 0. The molecule has 2 aromatic carbocycles. The van der Waals surface area contributed by atoms with Crippen LogP contribution in [-0.2, 0) is 11.2 Å². The molecule has 2 aromatic rings. The fraction of sp³-hybridized carbons (Fsp3) is 0.483. The molecule has 1 heterocycles. The van der Waals surface area contributed by atoms with E-state index in [4.69, 9.17) is 23.2 Å². The summed E-state index contributed by atoms with van der Waals surface area (Å²) in [4.78, 5) is 42.5. The Morgan fingerprint density at radius 3 is 2.46 bits per heavy atom. The fourth-order valence-corrected chi connectivity index (χ4v) is 5.74. The Labute approximate surface area is 240 Å². The molecule has 39 heavy (non-hydrogen) atoms. The van der Waals surface area contributed by atoms with E-state index < -0.39 is 0 Å². The van der Waals surface area contributed by atoms with Crippen molar-refractivity contribution in [3.05, 3.63) is 57.6 Å². The fourth-order valence-electron chi connectivity index (χ4n) is 5.24. The van der Waals surface area contributed by atoms with Crippen LogP contribution < -0.4 is 20.9 Å². The van der Waals surface area contributed by atoms with E-state index in [9.17, 15) is 14.4 Å². The minimum atomic E-state index is -0.221. The lowest BCUT2D eigenvalue weighted by molar-refractivity contribution is -0.119. The predicted octanol–water partition coefficient (Wildman–Crippen LogP) is 5.34. The molecule has 2 aliphatic rings. The molecular formula is C29H37Cl2N5O3. The normalized spacial score (nSPS) is 16.1. The Kier molecular flexibility index (Phi) is 10.3. The van der Waals surface area contributed by atoms with Gasteiger partial charge < -0.3 is 25.8 Å². The van der Waals surface area contributed by atoms with Crippen LogP contribution in [0.5, 0.6) is 0 Å².